The van der Waals surface area contributed by atoms with Crippen LogP contribution in [0, 0.1) is 17.7 Å². The summed E-state index contributed by atoms with van der Waals surface area (Å²) in [6.07, 6.45) is 6.80. The molecule has 1 N–H and O–H groups in total. The van der Waals surface area contributed by atoms with Crippen LogP contribution in [0.3, 0.4) is 0 Å². The van der Waals surface area contributed by atoms with Crippen LogP contribution >= 0.6 is 0 Å². The SMILES string of the molecule is CCCC(C)C(=O)Nc1cc(F)cc(CCCCCC(=O)C(C)CC)c1. The zero-order valence-electron chi connectivity index (χ0n) is 16.7. The first-order chi connectivity index (χ1) is 12.4. The molecule has 0 aliphatic rings. The molecule has 1 rings (SSSR count). The second-order valence-corrected chi connectivity index (χ2v) is 7.36. The summed E-state index contributed by atoms with van der Waals surface area (Å²) in [6, 6.07) is 4.74. The smallest absolute Gasteiger partial charge is 0.227 e. The van der Waals surface area contributed by atoms with Gasteiger partial charge in [0.2, 0.25) is 5.91 Å². The molecule has 0 saturated heterocycles. The van der Waals surface area contributed by atoms with Gasteiger partial charge in [0, 0.05) is 23.9 Å². The van der Waals surface area contributed by atoms with Crippen LogP contribution in [0.5, 0.6) is 0 Å². The number of Topliss-reactive ketones (excluding diaryl/α,β-unsaturated/α-hetero) is 1. The van der Waals surface area contributed by atoms with E-state index in [9.17, 15) is 14.0 Å². The van der Waals surface area contributed by atoms with E-state index in [0.29, 0.717) is 17.9 Å². The first-order valence-corrected chi connectivity index (χ1v) is 10.00. The van der Waals surface area contributed by atoms with Crippen LogP contribution in [-0.2, 0) is 16.0 Å². The van der Waals surface area contributed by atoms with Crippen molar-refractivity contribution in [1.29, 1.82) is 0 Å². The number of amides is 1. The van der Waals surface area contributed by atoms with E-state index in [4.69, 9.17) is 0 Å². The predicted octanol–water partition coefficient (Wildman–Crippen LogP) is 5.92. The second kappa shape index (κ2) is 11.8. The van der Waals surface area contributed by atoms with Crippen molar-refractivity contribution in [2.45, 2.75) is 79.1 Å². The molecule has 0 radical (unpaired) electrons. The number of unbranched alkanes of at least 4 members (excludes halogenated alkanes) is 2. The molecule has 1 amide bonds. The van der Waals surface area contributed by atoms with E-state index in [-0.39, 0.29) is 23.6 Å². The van der Waals surface area contributed by atoms with Gasteiger partial charge in [-0.2, -0.15) is 0 Å². The number of rotatable bonds is 12. The van der Waals surface area contributed by atoms with Crippen molar-refractivity contribution in [1.82, 2.24) is 0 Å². The minimum atomic E-state index is -0.326. The van der Waals surface area contributed by atoms with E-state index in [0.717, 1.165) is 50.5 Å². The van der Waals surface area contributed by atoms with Gasteiger partial charge in [-0.3, -0.25) is 9.59 Å². The highest BCUT2D eigenvalue weighted by Gasteiger charge is 2.13. The van der Waals surface area contributed by atoms with Crippen molar-refractivity contribution in [2.24, 2.45) is 11.8 Å². The average Bonchev–Trinajstić information content (AvgIpc) is 2.60. The Morgan fingerprint density at radius 1 is 1.04 bits per heavy atom. The van der Waals surface area contributed by atoms with Crippen molar-refractivity contribution >= 4 is 17.4 Å². The third-order valence-corrected chi connectivity index (χ3v) is 4.95. The molecule has 0 aromatic heterocycles. The third-order valence-electron chi connectivity index (χ3n) is 4.95. The number of hydrogen-bond donors (Lipinski definition) is 1. The number of benzene rings is 1. The number of carbonyl (C=O) groups excluding carboxylic acids is 2. The molecule has 0 aliphatic heterocycles. The minimum absolute atomic E-state index is 0.0630. The number of ketones is 1. The second-order valence-electron chi connectivity index (χ2n) is 7.36. The fraction of sp³-hybridized carbons (Fsp3) is 0.636. The molecule has 26 heavy (non-hydrogen) atoms. The van der Waals surface area contributed by atoms with E-state index in [1.165, 1.54) is 12.1 Å². The summed E-state index contributed by atoms with van der Waals surface area (Å²) in [5.74, 6) is 0.0264. The number of nitrogens with one attached hydrogen (secondary N) is 1. The number of hydrogen-bond acceptors (Lipinski definition) is 2. The summed E-state index contributed by atoms with van der Waals surface area (Å²) < 4.78 is 13.8. The summed E-state index contributed by atoms with van der Waals surface area (Å²) in [4.78, 5) is 23.9. The first-order valence-electron chi connectivity index (χ1n) is 10.00. The summed E-state index contributed by atoms with van der Waals surface area (Å²) >= 11 is 0. The lowest BCUT2D eigenvalue weighted by Gasteiger charge is -2.12. The van der Waals surface area contributed by atoms with Crippen LogP contribution in [-0.4, -0.2) is 11.7 Å². The fourth-order valence-electron chi connectivity index (χ4n) is 2.98. The van der Waals surface area contributed by atoms with Crippen LogP contribution in [0.4, 0.5) is 10.1 Å². The standard InChI is InChI=1S/C22H34FNO2/c1-5-10-17(4)22(26)24-20-14-18(13-19(23)15-20)11-8-7-9-12-21(25)16(3)6-2/h13-17H,5-12H2,1-4H3,(H,24,26). The Morgan fingerprint density at radius 2 is 1.77 bits per heavy atom. The molecule has 4 heteroatoms. The van der Waals surface area contributed by atoms with E-state index in [1.807, 2.05) is 33.8 Å². The molecule has 3 nitrogen and oxygen atoms in total. The van der Waals surface area contributed by atoms with Crippen LogP contribution in [0.2, 0.25) is 0 Å². The molecule has 146 valence electrons. The zero-order chi connectivity index (χ0) is 19.5. The lowest BCUT2D eigenvalue weighted by molar-refractivity contribution is -0.122. The highest BCUT2D eigenvalue weighted by atomic mass is 19.1. The Kier molecular flexibility index (Phi) is 10.2. The van der Waals surface area contributed by atoms with Gasteiger partial charge in [0.1, 0.15) is 11.6 Å². The Bertz CT molecular complexity index is 586. The highest BCUT2D eigenvalue weighted by molar-refractivity contribution is 5.92. The zero-order valence-corrected chi connectivity index (χ0v) is 16.7. The Balaban J connectivity index is 2.47. The lowest BCUT2D eigenvalue weighted by atomic mass is 9.98. The molecule has 0 spiro atoms. The molecule has 0 bridgehead atoms. The van der Waals surface area contributed by atoms with Crippen LogP contribution in [0.25, 0.3) is 0 Å². The van der Waals surface area contributed by atoms with Gasteiger partial charge >= 0.3 is 0 Å². The molecular formula is C22H34FNO2. The minimum Gasteiger partial charge on any atom is -0.326 e. The Morgan fingerprint density at radius 3 is 2.42 bits per heavy atom. The van der Waals surface area contributed by atoms with Gasteiger partial charge < -0.3 is 5.32 Å². The van der Waals surface area contributed by atoms with Crippen molar-refractivity contribution in [3.05, 3.63) is 29.6 Å². The van der Waals surface area contributed by atoms with Crippen molar-refractivity contribution in [3.8, 4) is 0 Å². The molecule has 0 heterocycles. The molecule has 1 aromatic rings. The molecule has 2 unspecified atom stereocenters. The number of halogens is 1. The monoisotopic (exact) mass is 363 g/mol. The van der Waals surface area contributed by atoms with Crippen LogP contribution < -0.4 is 5.32 Å². The normalized spacial score (nSPS) is 13.3. The molecule has 2 atom stereocenters. The largest absolute Gasteiger partial charge is 0.326 e. The summed E-state index contributed by atoms with van der Waals surface area (Å²) in [7, 11) is 0. The van der Waals surface area contributed by atoms with E-state index in [1.54, 1.807) is 0 Å². The highest BCUT2D eigenvalue weighted by Crippen LogP contribution is 2.19. The van der Waals surface area contributed by atoms with Gasteiger partial charge in [0.05, 0.1) is 0 Å². The van der Waals surface area contributed by atoms with E-state index in [2.05, 4.69) is 5.32 Å². The maximum atomic E-state index is 13.8. The van der Waals surface area contributed by atoms with Crippen LogP contribution in [0.1, 0.15) is 78.2 Å². The summed E-state index contributed by atoms with van der Waals surface area (Å²) in [5.41, 5.74) is 1.41. The number of carbonyl (C=O) groups is 2. The molecule has 0 saturated carbocycles. The average molecular weight is 364 g/mol. The van der Waals surface area contributed by atoms with Gasteiger partial charge in [-0.15, -0.1) is 0 Å². The number of anilines is 1. The Hall–Kier alpha value is -1.71. The first kappa shape index (κ1) is 22.3. The van der Waals surface area contributed by atoms with Crippen molar-refractivity contribution in [3.63, 3.8) is 0 Å². The van der Waals surface area contributed by atoms with Gasteiger partial charge in [0.15, 0.2) is 0 Å². The lowest BCUT2D eigenvalue weighted by Crippen LogP contribution is -2.20. The maximum Gasteiger partial charge on any atom is 0.227 e. The molecule has 1 aromatic carbocycles. The molecule has 0 aliphatic carbocycles. The van der Waals surface area contributed by atoms with Gasteiger partial charge in [-0.1, -0.05) is 40.5 Å². The van der Waals surface area contributed by atoms with Gasteiger partial charge in [-0.05, 0) is 55.9 Å². The topological polar surface area (TPSA) is 46.2 Å². The molecular weight excluding hydrogens is 329 g/mol. The number of aryl methyl sites for hydroxylation is 1. The molecule has 0 fully saturated rings. The van der Waals surface area contributed by atoms with Gasteiger partial charge in [-0.25, -0.2) is 4.39 Å². The maximum absolute atomic E-state index is 13.8. The predicted molar refractivity (Wildman–Crippen MR) is 106 cm³/mol. The summed E-state index contributed by atoms with van der Waals surface area (Å²) in [6.45, 7) is 7.94. The van der Waals surface area contributed by atoms with Gasteiger partial charge in [0.25, 0.3) is 0 Å². The van der Waals surface area contributed by atoms with Crippen molar-refractivity contribution < 1.29 is 14.0 Å². The fourth-order valence-corrected chi connectivity index (χ4v) is 2.98. The third kappa shape index (κ3) is 8.11. The summed E-state index contributed by atoms with van der Waals surface area (Å²) in [5, 5.41) is 2.82. The van der Waals surface area contributed by atoms with Crippen LogP contribution in [0.15, 0.2) is 18.2 Å². The van der Waals surface area contributed by atoms with E-state index < -0.39 is 0 Å². The van der Waals surface area contributed by atoms with Crippen molar-refractivity contribution in [2.75, 3.05) is 5.32 Å². The quantitative estimate of drug-likeness (QED) is 0.469. The van der Waals surface area contributed by atoms with E-state index >= 15 is 0 Å². The Labute approximate surface area is 157 Å².